The Balaban J connectivity index is 2.12. The Morgan fingerprint density at radius 3 is 2.17 bits per heavy atom. The van der Waals surface area contributed by atoms with Crippen molar-refractivity contribution >= 4 is 49.3 Å². The van der Waals surface area contributed by atoms with Gasteiger partial charge >= 0.3 is 0 Å². The molecule has 2 atom stereocenters. The van der Waals surface area contributed by atoms with E-state index >= 15 is 0 Å². The van der Waals surface area contributed by atoms with E-state index in [1.54, 1.807) is 0 Å². The van der Waals surface area contributed by atoms with Crippen molar-refractivity contribution in [3.05, 3.63) is 72.8 Å². The monoisotopic (exact) mass is 346 g/mol. The van der Waals surface area contributed by atoms with E-state index in [0.29, 0.717) is 0 Å². The highest BCUT2D eigenvalue weighted by atomic mass is 31.1. The van der Waals surface area contributed by atoms with Gasteiger partial charge in [-0.25, -0.2) is 0 Å². The van der Waals surface area contributed by atoms with Gasteiger partial charge in [0.25, 0.3) is 0 Å². The van der Waals surface area contributed by atoms with Crippen molar-refractivity contribution in [3.63, 3.8) is 0 Å². The van der Waals surface area contributed by atoms with Crippen molar-refractivity contribution in [2.45, 2.75) is 0 Å². The maximum Gasteiger partial charge on any atom is -0.00927 e. The Morgan fingerprint density at radius 1 is 0.583 bits per heavy atom. The Kier molecular flexibility index (Phi) is 4.36. The molecule has 0 aliphatic rings. The van der Waals surface area contributed by atoms with Crippen molar-refractivity contribution in [3.8, 4) is 11.1 Å². The molecule has 4 rings (SSSR count). The third-order valence-electron chi connectivity index (χ3n) is 4.63. The van der Waals surface area contributed by atoms with Crippen molar-refractivity contribution in [2.24, 2.45) is 0 Å². The molecular weight excluding hydrogens is 326 g/mol. The molecule has 0 saturated heterocycles. The van der Waals surface area contributed by atoms with Crippen LogP contribution < -0.4 is 10.6 Å². The molecule has 0 aromatic heterocycles. The number of rotatable bonds is 3. The van der Waals surface area contributed by atoms with E-state index in [1.807, 2.05) is 0 Å². The summed E-state index contributed by atoms with van der Waals surface area (Å²) in [6, 6.07) is 26.9. The molecule has 0 fully saturated rings. The maximum atomic E-state index is 2.40. The van der Waals surface area contributed by atoms with Crippen LogP contribution in [0.15, 0.2) is 72.8 Å². The zero-order valence-electron chi connectivity index (χ0n) is 13.9. The first kappa shape index (κ1) is 15.8. The van der Waals surface area contributed by atoms with E-state index < -0.39 is 0 Å². The van der Waals surface area contributed by atoms with Crippen LogP contribution in [0.5, 0.6) is 0 Å². The molecule has 0 spiro atoms. The van der Waals surface area contributed by atoms with Crippen molar-refractivity contribution < 1.29 is 0 Å². The number of benzene rings is 4. The standard InChI is InChI=1S/C22H20P2/c1-23-16-13-20(19-11-6-12-22(24-2)21(19)14-16)18-10-5-8-15-7-3-4-9-17(15)18/h3-14,23-24H,1-2H3. The Labute approximate surface area is 146 Å². The highest BCUT2D eigenvalue weighted by molar-refractivity contribution is 7.47. The molecule has 4 aromatic carbocycles. The van der Waals surface area contributed by atoms with Crippen LogP contribution in [0.25, 0.3) is 32.7 Å². The number of hydrogen-bond donors (Lipinski definition) is 0. The van der Waals surface area contributed by atoms with E-state index in [4.69, 9.17) is 0 Å². The van der Waals surface area contributed by atoms with Gasteiger partial charge in [0.05, 0.1) is 0 Å². The maximum absolute atomic E-state index is 2.40. The topological polar surface area (TPSA) is 0 Å². The summed E-state index contributed by atoms with van der Waals surface area (Å²) in [5.74, 6) is 0. The summed E-state index contributed by atoms with van der Waals surface area (Å²) in [5.41, 5.74) is 2.71. The number of hydrogen-bond acceptors (Lipinski definition) is 0. The van der Waals surface area contributed by atoms with Gasteiger partial charge in [-0.15, -0.1) is 0 Å². The molecule has 0 nitrogen and oxygen atoms in total. The van der Waals surface area contributed by atoms with Gasteiger partial charge in [0, 0.05) is 0 Å². The van der Waals surface area contributed by atoms with Gasteiger partial charge in [-0.05, 0) is 68.7 Å². The average molecular weight is 346 g/mol. The fraction of sp³-hybridized carbons (Fsp3) is 0.0909. The van der Waals surface area contributed by atoms with Crippen LogP contribution in [-0.2, 0) is 0 Å². The first-order chi connectivity index (χ1) is 11.8. The van der Waals surface area contributed by atoms with Crippen LogP contribution >= 0.6 is 17.2 Å². The molecule has 0 amide bonds. The average Bonchev–Trinajstić information content (AvgIpc) is 2.66. The van der Waals surface area contributed by atoms with E-state index in [-0.39, 0.29) is 0 Å². The molecule has 118 valence electrons. The van der Waals surface area contributed by atoms with Crippen molar-refractivity contribution in [1.82, 2.24) is 0 Å². The zero-order chi connectivity index (χ0) is 16.5. The molecule has 0 saturated carbocycles. The lowest BCUT2D eigenvalue weighted by atomic mass is 9.94. The molecule has 4 aromatic rings. The molecule has 24 heavy (non-hydrogen) atoms. The fourth-order valence-corrected chi connectivity index (χ4v) is 4.75. The molecular formula is C22H20P2. The molecule has 2 heteroatoms. The lowest BCUT2D eigenvalue weighted by molar-refractivity contribution is 1.71. The Bertz CT molecular complexity index is 1030. The van der Waals surface area contributed by atoms with Gasteiger partial charge < -0.3 is 0 Å². The molecule has 0 radical (unpaired) electrons. The third kappa shape index (κ3) is 2.65. The summed E-state index contributed by atoms with van der Waals surface area (Å²) in [4.78, 5) is 0. The Hall–Kier alpha value is -1.74. The van der Waals surface area contributed by atoms with Gasteiger partial charge in [-0.2, -0.15) is 0 Å². The summed E-state index contributed by atoms with van der Waals surface area (Å²) >= 11 is 0. The highest BCUT2D eigenvalue weighted by Crippen LogP contribution is 2.34. The lowest BCUT2D eigenvalue weighted by Crippen LogP contribution is -2.03. The van der Waals surface area contributed by atoms with E-state index in [9.17, 15) is 0 Å². The molecule has 0 heterocycles. The van der Waals surface area contributed by atoms with Gasteiger partial charge in [-0.1, -0.05) is 77.8 Å². The van der Waals surface area contributed by atoms with Crippen LogP contribution in [0.4, 0.5) is 0 Å². The van der Waals surface area contributed by atoms with Crippen LogP contribution in [-0.4, -0.2) is 13.3 Å². The predicted octanol–water partition coefficient (Wildman–Crippen LogP) is 5.53. The number of fused-ring (bicyclic) bond motifs is 2. The minimum absolute atomic E-state index is 0.812. The first-order valence-electron chi connectivity index (χ1n) is 8.22. The molecule has 0 N–H and O–H groups in total. The third-order valence-corrected chi connectivity index (χ3v) is 6.47. The SMILES string of the molecule is CPc1cc(-c2cccc3ccccc23)c2cccc(PC)c2c1. The quantitative estimate of drug-likeness (QED) is 0.428. The Morgan fingerprint density at radius 2 is 1.33 bits per heavy atom. The second-order valence-electron chi connectivity index (χ2n) is 5.95. The predicted molar refractivity (Wildman–Crippen MR) is 115 cm³/mol. The highest BCUT2D eigenvalue weighted by Gasteiger charge is 2.11. The summed E-state index contributed by atoms with van der Waals surface area (Å²) in [7, 11) is 1.63. The summed E-state index contributed by atoms with van der Waals surface area (Å²) in [6.45, 7) is 4.54. The normalized spacial score (nSPS) is 12.2. The largest absolute Gasteiger partial charge is 0.0935 e. The van der Waals surface area contributed by atoms with Crippen LogP contribution in [0, 0.1) is 0 Å². The molecule has 0 aliphatic heterocycles. The van der Waals surface area contributed by atoms with Crippen molar-refractivity contribution in [2.75, 3.05) is 13.3 Å². The van der Waals surface area contributed by atoms with Gasteiger partial charge in [0.15, 0.2) is 0 Å². The van der Waals surface area contributed by atoms with E-state index in [1.165, 1.54) is 43.3 Å². The second kappa shape index (κ2) is 6.64. The van der Waals surface area contributed by atoms with Gasteiger partial charge in [-0.3, -0.25) is 0 Å². The fourth-order valence-electron chi connectivity index (χ4n) is 3.43. The van der Waals surface area contributed by atoms with E-state index in [2.05, 4.69) is 86.1 Å². The summed E-state index contributed by atoms with van der Waals surface area (Å²) < 4.78 is 0. The summed E-state index contributed by atoms with van der Waals surface area (Å²) in [5, 5.41) is 8.35. The van der Waals surface area contributed by atoms with Crippen LogP contribution in [0.3, 0.4) is 0 Å². The molecule has 0 bridgehead atoms. The van der Waals surface area contributed by atoms with Crippen LogP contribution in [0.1, 0.15) is 0 Å². The minimum Gasteiger partial charge on any atom is -0.0935 e. The van der Waals surface area contributed by atoms with Gasteiger partial charge in [0.1, 0.15) is 0 Å². The first-order valence-corrected chi connectivity index (χ1v) is 11.2. The minimum atomic E-state index is 0.812. The lowest BCUT2D eigenvalue weighted by Gasteiger charge is -2.14. The molecule has 2 unspecified atom stereocenters. The second-order valence-corrected chi connectivity index (χ2v) is 8.07. The summed E-state index contributed by atoms with van der Waals surface area (Å²) in [6.07, 6.45) is 0. The van der Waals surface area contributed by atoms with Crippen molar-refractivity contribution in [1.29, 1.82) is 0 Å². The molecule has 0 aliphatic carbocycles. The van der Waals surface area contributed by atoms with Crippen LogP contribution in [0.2, 0.25) is 0 Å². The smallest absolute Gasteiger partial charge is 0.00927 e. The zero-order valence-corrected chi connectivity index (χ0v) is 15.9. The van der Waals surface area contributed by atoms with Gasteiger partial charge in [0.2, 0.25) is 0 Å². The van der Waals surface area contributed by atoms with E-state index in [0.717, 1.165) is 17.2 Å².